The molecule has 0 aromatic heterocycles. The molecule has 0 spiro atoms. The third-order valence-electron chi connectivity index (χ3n) is 2.94. The molecular weight excluding hydrogens is 271 g/mol. The van der Waals surface area contributed by atoms with Gasteiger partial charge in [-0.15, -0.1) is 10.3 Å². The quantitative estimate of drug-likeness (QED) is 0.720. The maximum atomic E-state index is 11.7. The molecule has 1 aliphatic rings. The largest absolute Gasteiger partial charge is 0.411 e. The van der Waals surface area contributed by atoms with Gasteiger partial charge in [0.1, 0.15) is 0 Å². The van der Waals surface area contributed by atoms with Crippen molar-refractivity contribution >= 4 is 13.7 Å². The van der Waals surface area contributed by atoms with E-state index in [-0.39, 0.29) is 11.1 Å². The topological polar surface area (TPSA) is 113 Å². The molecule has 1 heterocycles. The summed E-state index contributed by atoms with van der Waals surface area (Å²) in [6.45, 7) is 8.99. The van der Waals surface area contributed by atoms with Crippen LogP contribution in [0.2, 0.25) is 0 Å². The summed E-state index contributed by atoms with van der Waals surface area (Å²) in [5, 5.41) is 13.0. The van der Waals surface area contributed by atoms with E-state index in [0.29, 0.717) is 0 Å². The van der Waals surface area contributed by atoms with Gasteiger partial charge in [-0.3, -0.25) is 0 Å². The zero-order valence-corrected chi connectivity index (χ0v) is 13.1. The molecule has 19 heavy (non-hydrogen) atoms. The van der Waals surface area contributed by atoms with Gasteiger partial charge in [0, 0.05) is 17.7 Å². The van der Waals surface area contributed by atoms with Gasteiger partial charge in [-0.1, -0.05) is 0 Å². The molecule has 3 N–H and O–H groups in total. The minimum Gasteiger partial charge on any atom is -0.375 e. The van der Waals surface area contributed by atoms with Gasteiger partial charge in [0.2, 0.25) is 0 Å². The average molecular weight is 295 g/mol. The first-order valence-corrected chi connectivity index (χ1v) is 8.07. The van der Waals surface area contributed by atoms with E-state index in [9.17, 15) is 14.6 Å². The maximum absolute atomic E-state index is 11.7. The number of hydrogen-bond acceptors (Lipinski definition) is 4. The summed E-state index contributed by atoms with van der Waals surface area (Å²) in [4.78, 5) is 17.9. The fourth-order valence-corrected chi connectivity index (χ4v) is 2.48. The standard InChI is InChI=1S/C9H18NO.C2H6NO4P/c1-8(2)6-5-7-9(3,4)10(8)11;1-8(5,6)7-2(3)4/h5-7H2,1-4H3;1H3,(H2,3,4)(H,5,6). The maximum Gasteiger partial charge on any atom is 0.411 e. The van der Waals surface area contributed by atoms with Crippen molar-refractivity contribution in [1.29, 1.82) is 0 Å². The van der Waals surface area contributed by atoms with Crippen molar-refractivity contribution in [2.45, 2.75) is 58.0 Å². The van der Waals surface area contributed by atoms with E-state index in [1.165, 1.54) is 11.5 Å². The van der Waals surface area contributed by atoms with Crippen LogP contribution in [0.3, 0.4) is 0 Å². The average Bonchev–Trinajstić information content (AvgIpc) is 2.10. The van der Waals surface area contributed by atoms with Gasteiger partial charge in [-0.2, -0.15) is 0 Å². The molecule has 113 valence electrons. The van der Waals surface area contributed by atoms with Crippen molar-refractivity contribution in [3.05, 3.63) is 0 Å². The number of carbonyl (C=O) groups excluding carboxylic acids is 1. The van der Waals surface area contributed by atoms with E-state index in [4.69, 9.17) is 4.89 Å². The van der Waals surface area contributed by atoms with E-state index >= 15 is 0 Å². The molecule has 1 rings (SSSR count). The van der Waals surface area contributed by atoms with Gasteiger partial charge in [0.05, 0.1) is 0 Å². The van der Waals surface area contributed by atoms with Crippen LogP contribution in [0.25, 0.3) is 0 Å². The first-order chi connectivity index (χ1) is 8.28. The Labute approximate surface area is 114 Å². The molecule has 1 radical (unpaired) electrons. The molecule has 1 unspecified atom stereocenters. The molecule has 1 aliphatic heterocycles. The fourth-order valence-electron chi connectivity index (χ4n) is 2.14. The number of nitrogens with two attached hydrogens (primary N) is 1. The van der Waals surface area contributed by atoms with Gasteiger partial charge in [0.25, 0.3) is 0 Å². The molecule has 0 aromatic carbocycles. The smallest absolute Gasteiger partial charge is 0.375 e. The van der Waals surface area contributed by atoms with Crippen molar-refractivity contribution in [3.8, 4) is 0 Å². The molecule has 0 saturated carbocycles. The van der Waals surface area contributed by atoms with Crippen molar-refractivity contribution in [1.82, 2.24) is 5.06 Å². The molecule has 8 heteroatoms. The number of piperidine rings is 1. The highest BCUT2D eigenvalue weighted by Crippen LogP contribution is 2.36. The van der Waals surface area contributed by atoms with Gasteiger partial charge >= 0.3 is 13.7 Å². The lowest BCUT2D eigenvalue weighted by Gasteiger charge is -2.46. The van der Waals surface area contributed by atoms with E-state index in [0.717, 1.165) is 19.5 Å². The zero-order valence-electron chi connectivity index (χ0n) is 12.2. The van der Waals surface area contributed by atoms with Crippen LogP contribution in [0, 0.1) is 0 Å². The molecule has 0 aliphatic carbocycles. The van der Waals surface area contributed by atoms with Gasteiger partial charge in [-0.05, 0) is 47.0 Å². The van der Waals surface area contributed by atoms with Gasteiger partial charge < -0.3 is 15.2 Å². The first kappa shape index (κ1) is 18.4. The van der Waals surface area contributed by atoms with Crippen molar-refractivity contribution in [2.24, 2.45) is 5.73 Å². The van der Waals surface area contributed by atoms with Gasteiger partial charge in [0.15, 0.2) is 0 Å². The summed E-state index contributed by atoms with van der Waals surface area (Å²) in [7, 11) is -3.70. The molecule has 1 atom stereocenters. The number of amides is 1. The molecular formula is C11H24N2O5P. The Kier molecular flexibility index (Phi) is 6.02. The second-order valence-electron chi connectivity index (χ2n) is 5.99. The molecule has 1 amide bonds. The summed E-state index contributed by atoms with van der Waals surface area (Å²) < 4.78 is 13.7. The SMILES string of the molecule is CC1(C)CCCC(C)(C)N1[O].CP(=O)(O)OC(N)=O. The molecule has 0 aromatic rings. The van der Waals surface area contributed by atoms with Crippen LogP contribution in [-0.2, 0) is 14.3 Å². The Balaban J connectivity index is 0.000000362. The van der Waals surface area contributed by atoms with E-state index in [2.05, 4.69) is 10.3 Å². The van der Waals surface area contributed by atoms with Crippen LogP contribution < -0.4 is 5.73 Å². The molecule has 0 bridgehead atoms. The Morgan fingerprint density at radius 3 is 1.79 bits per heavy atom. The monoisotopic (exact) mass is 295 g/mol. The third kappa shape index (κ3) is 6.92. The fraction of sp³-hybridized carbons (Fsp3) is 0.909. The van der Waals surface area contributed by atoms with Crippen LogP contribution in [0.5, 0.6) is 0 Å². The first-order valence-electron chi connectivity index (χ1n) is 6.05. The van der Waals surface area contributed by atoms with Gasteiger partial charge in [-0.25, -0.2) is 9.36 Å². The van der Waals surface area contributed by atoms with Crippen LogP contribution in [0.15, 0.2) is 0 Å². The summed E-state index contributed by atoms with van der Waals surface area (Å²) in [6.07, 6.45) is 2.00. The van der Waals surface area contributed by atoms with E-state index < -0.39 is 13.7 Å². The number of primary amides is 1. The predicted molar refractivity (Wildman–Crippen MR) is 71.0 cm³/mol. The molecule has 1 fully saturated rings. The van der Waals surface area contributed by atoms with Crippen molar-refractivity contribution < 1.29 is 24.0 Å². The number of hydrogen-bond donors (Lipinski definition) is 2. The summed E-state index contributed by atoms with van der Waals surface area (Å²) >= 11 is 0. The summed E-state index contributed by atoms with van der Waals surface area (Å²) in [6, 6.07) is 0. The second-order valence-corrected chi connectivity index (χ2v) is 7.77. The Morgan fingerprint density at radius 1 is 1.26 bits per heavy atom. The number of carbonyl (C=O) groups is 1. The van der Waals surface area contributed by atoms with Crippen molar-refractivity contribution in [3.63, 3.8) is 0 Å². The van der Waals surface area contributed by atoms with Crippen LogP contribution in [-0.4, -0.2) is 33.8 Å². The molecule has 1 saturated heterocycles. The minimum atomic E-state index is -3.70. The summed E-state index contributed by atoms with van der Waals surface area (Å²) in [5.41, 5.74) is 4.08. The highest BCUT2D eigenvalue weighted by atomic mass is 31.2. The Bertz CT molecular complexity index is 348. The van der Waals surface area contributed by atoms with E-state index in [1.54, 1.807) is 0 Å². The Morgan fingerprint density at radius 2 is 1.63 bits per heavy atom. The Hall–Kier alpha value is -0.620. The number of nitrogens with zero attached hydrogens (tertiary/aromatic N) is 1. The van der Waals surface area contributed by atoms with E-state index in [1.807, 2.05) is 27.7 Å². The highest BCUT2D eigenvalue weighted by molar-refractivity contribution is 7.52. The second kappa shape index (κ2) is 6.22. The minimum absolute atomic E-state index is 0.151. The van der Waals surface area contributed by atoms with Crippen molar-refractivity contribution in [2.75, 3.05) is 6.66 Å². The number of hydroxylamine groups is 2. The van der Waals surface area contributed by atoms with Crippen LogP contribution in [0.1, 0.15) is 47.0 Å². The normalized spacial score (nSPS) is 24.6. The molecule has 7 nitrogen and oxygen atoms in total. The zero-order chi connectivity index (χ0) is 15.5. The lowest BCUT2D eigenvalue weighted by Crippen LogP contribution is -2.55. The van der Waals surface area contributed by atoms with Crippen LogP contribution >= 0.6 is 7.60 Å². The lowest BCUT2D eigenvalue weighted by atomic mass is 9.82. The van der Waals surface area contributed by atoms with Crippen LogP contribution in [0.4, 0.5) is 4.79 Å². The third-order valence-corrected chi connectivity index (χ3v) is 3.45. The summed E-state index contributed by atoms with van der Waals surface area (Å²) in [5.74, 6) is 0. The predicted octanol–water partition coefficient (Wildman–Crippen LogP) is 2.27. The lowest BCUT2D eigenvalue weighted by molar-refractivity contribution is -0.286. The number of rotatable bonds is 1. The highest BCUT2D eigenvalue weighted by Gasteiger charge is 2.41.